The summed E-state index contributed by atoms with van der Waals surface area (Å²) < 4.78 is 5.07. The first-order valence-corrected chi connectivity index (χ1v) is 5.67. The molecule has 0 aliphatic heterocycles. The van der Waals surface area contributed by atoms with Crippen LogP contribution in [0.2, 0.25) is 5.02 Å². The minimum atomic E-state index is 0.420. The predicted octanol–water partition coefficient (Wildman–Crippen LogP) is 2.64. The van der Waals surface area contributed by atoms with Gasteiger partial charge in [0.1, 0.15) is 11.6 Å². The minimum Gasteiger partial charge on any atom is -0.495 e. The number of methoxy groups -OCH3 is 1. The van der Waals surface area contributed by atoms with Crippen molar-refractivity contribution >= 4 is 33.9 Å². The molecule has 1 aromatic carbocycles. The van der Waals surface area contributed by atoms with Crippen molar-refractivity contribution in [2.24, 2.45) is 0 Å². The van der Waals surface area contributed by atoms with Crippen LogP contribution in [0.3, 0.4) is 0 Å². The van der Waals surface area contributed by atoms with Crippen LogP contribution in [0.5, 0.6) is 5.75 Å². The van der Waals surface area contributed by atoms with Crippen molar-refractivity contribution in [3.63, 3.8) is 0 Å². The van der Waals surface area contributed by atoms with E-state index in [0.717, 1.165) is 10.4 Å². The fourth-order valence-electron chi connectivity index (χ4n) is 1.36. The second kappa shape index (κ2) is 4.19. The fraction of sp³-hybridized carbons (Fsp3) is 0.100. The van der Waals surface area contributed by atoms with E-state index in [4.69, 9.17) is 27.8 Å². The normalized spacial score (nSPS) is 10.4. The van der Waals surface area contributed by atoms with E-state index in [-0.39, 0.29) is 0 Å². The number of aromatic nitrogens is 1. The number of hydrogen-bond acceptors (Lipinski definition) is 5. The quantitative estimate of drug-likeness (QED) is 0.865. The number of anilines is 2. The molecule has 0 fully saturated rings. The second-order valence-corrected chi connectivity index (χ2v) is 4.55. The third-order valence-electron chi connectivity index (χ3n) is 2.08. The number of nitrogens with two attached hydrogens (primary N) is 2. The lowest BCUT2D eigenvalue weighted by atomic mass is 10.2. The van der Waals surface area contributed by atoms with Gasteiger partial charge in [-0.05, 0) is 23.8 Å². The highest BCUT2D eigenvalue weighted by Gasteiger charge is 2.10. The number of rotatable bonds is 2. The molecule has 0 unspecified atom stereocenters. The first-order valence-electron chi connectivity index (χ1n) is 4.47. The van der Waals surface area contributed by atoms with Crippen LogP contribution >= 0.6 is 22.9 Å². The fourth-order valence-corrected chi connectivity index (χ4v) is 2.37. The standard InChI is InChI=1S/C10H10ClN3OS/c1-15-7-3-2-5(4-6(7)11)8-9(12)14-10(13)16-8/h2-4H,12H2,1H3,(H2,13,14). The SMILES string of the molecule is COc1ccc(-c2sc(N)nc2N)cc1Cl. The zero-order valence-corrected chi connectivity index (χ0v) is 10.1. The predicted molar refractivity (Wildman–Crippen MR) is 67.9 cm³/mol. The maximum Gasteiger partial charge on any atom is 0.182 e. The summed E-state index contributed by atoms with van der Waals surface area (Å²) in [7, 11) is 1.57. The summed E-state index contributed by atoms with van der Waals surface area (Å²) in [5.41, 5.74) is 12.2. The molecule has 1 aromatic heterocycles. The van der Waals surface area contributed by atoms with Gasteiger partial charge in [-0.3, -0.25) is 0 Å². The van der Waals surface area contributed by atoms with Crippen LogP contribution in [0.15, 0.2) is 18.2 Å². The third kappa shape index (κ3) is 1.91. The molecule has 84 valence electrons. The Hall–Kier alpha value is -1.46. The summed E-state index contributed by atoms with van der Waals surface area (Å²) in [6.07, 6.45) is 0. The van der Waals surface area contributed by atoms with Gasteiger partial charge in [0.25, 0.3) is 0 Å². The van der Waals surface area contributed by atoms with E-state index >= 15 is 0 Å². The molecule has 0 spiro atoms. The number of hydrogen-bond donors (Lipinski definition) is 2. The number of nitrogen functional groups attached to an aromatic ring is 2. The Balaban J connectivity index is 2.49. The molecule has 0 aliphatic rings. The third-order valence-corrected chi connectivity index (χ3v) is 3.33. The van der Waals surface area contributed by atoms with Gasteiger partial charge in [0.05, 0.1) is 17.0 Å². The number of nitrogens with zero attached hydrogens (tertiary/aromatic N) is 1. The highest BCUT2D eigenvalue weighted by molar-refractivity contribution is 7.19. The Morgan fingerprint density at radius 2 is 2.12 bits per heavy atom. The summed E-state index contributed by atoms with van der Waals surface area (Å²) in [6.45, 7) is 0. The van der Waals surface area contributed by atoms with Gasteiger partial charge in [0, 0.05) is 0 Å². The number of ether oxygens (including phenoxy) is 1. The van der Waals surface area contributed by atoms with Crippen molar-refractivity contribution in [1.82, 2.24) is 4.98 Å². The summed E-state index contributed by atoms with van der Waals surface area (Å²) in [6, 6.07) is 5.44. The molecule has 0 saturated carbocycles. The maximum absolute atomic E-state index is 6.03. The summed E-state index contributed by atoms with van der Waals surface area (Å²) >= 11 is 7.36. The van der Waals surface area contributed by atoms with Crippen LogP contribution in [0.4, 0.5) is 10.9 Å². The highest BCUT2D eigenvalue weighted by atomic mass is 35.5. The average molecular weight is 256 g/mol. The molecule has 0 saturated heterocycles. The molecule has 6 heteroatoms. The van der Waals surface area contributed by atoms with Crippen LogP contribution in [-0.4, -0.2) is 12.1 Å². The van der Waals surface area contributed by atoms with E-state index in [1.807, 2.05) is 6.07 Å². The monoisotopic (exact) mass is 255 g/mol. The van der Waals surface area contributed by atoms with Gasteiger partial charge >= 0.3 is 0 Å². The molecule has 2 rings (SSSR count). The van der Waals surface area contributed by atoms with E-state index in [2.05, 4.69) is 4.98 Å². The van der Waals surface area contributed by atoms with Crippen LogP contribution in [0, 0.1) is 0 Å². The van der Waals surface area contributed by atoms with E-state index in [9.17, 15) is 0 Å². The van der Waals surface area contributed by atoms with Gasteiger partial charge in [-0.15, -0.1) is 0 Å². The molecule has 0 aliphatic carbocycles. The Bertz CT molecular complexity index is 527. The molecule has 2 aromatic rings. The van der Waals surface area contributed by atoms with Crippen molar-refractivity contribution in [3.05, 3.63) is 23.2 Å². The van der Waals surface area contributed by atoms with Crippen LogP contribution in [0.25, 0.3) is 10.4 Å². The average Bonchev–Trinajstić information content (AvgIpc) is 2.58. The summed E-state index contributed by atoms with van der Waals surface area (Å²) in [4.78, 5) is 4.78. The molecule has 0 radical (unpaired) electrons. The topological polar surface area (TPSA) is 74.2 Å². The molecule has 0 bridgehead atoms. The molecule has 1 heterocycles. The second-order valence-electron chi connectivity index (χ2n) is 3.12. The molecule has 16 heavy (non-hydrogen) atoms. The molecule has 4 nitrogen and oxygen atoms in total. The summed E-state index contributed by atoms with van der Waals surface area (Å²) in [5, 5.41) is 0.978. The molecular formula is C10H10ClN3OS. The maximum atomic E-state index is 6.03. The zero-order valence-electron chi connectivity index (χ0n) is 8.53. The van der Waals surface area contributed by atoms with E-state index in [1.165, 1.54) is 11.3 Å². The van der Waals surface area contributed by atoms with Crippen molar-refractivity contribution in [2.75, 3.05) is 18.6 Å². The van der Waals surface area contributed by atoms with E-state index < -0.39 is 0 Å². The van der Waals surface area contributed by atoms with Crippen molar-refractivity contribution in [1.29, 1.82) is 0 Å². The number of halogens is 1. The molecule has 0 amide bonds. The number of thiazole rings is 1. The van der Waals surface area contributed by atoms with Gasteiger partial charge < -0.3 is 16.2 Å². The van der Waals surface area contributed by atoms with Gasteiger partial charge in [0.2, 0.25) is 0 Å². The Labute approximate surface area is 102 Å². The van der Waals surface area contributed by atoms with Crippen LogP contribution < -0.4 is 16.2 Å². The van der Waals surface area contributed by atoms with Crippen molar-refractivity contribution in [3.8, 4) is 16.2 Å². The first-order chi connectivity index (χ1) is 7.61. The van der Waals surface area contributed by atoms with Gasteiger partial charge in [-0.25, -0.2) is 4.98 Å². The van der Waals surface area contributed by atoms with Crippen molar-refractivity contribution < 1.29 is 4.74 Å². The van der Waals surface area contributed by atoms with E-state index in [1.54, 1.807) is 19.2 Å². The first kappa shape index (κ1) is 11.0. The molecule has 4 N–H and O–H groups in total. The molecule has 0 atom stereocenters. The lowest BCUT2D eigenvalue weighted by Gasteiger charge is -2.04. The lowest BCUT2D eigenvalue weighted by Crippen LogP contribution is -1.89. The van der Waals surface area contributed by atoms with Gasteiger partial charge in [-0.1, -0.05) is 22.9 Å². The number of benzene rings is 1. The Morgan fingerprint density at radius 1 is 1.38 bits per heavy atom. The van der Waals surface area contributed by atoms with Crippen molar-refractivity contribution in [2.45, 2.75) is 0 Å². The highest BCUT2D eigenvalue weighted by Crippen LogP contribution is 2.36. The minimum absolute atomic E-state index is 0.420. The van der Waals surface area contributed by atoms with Crippen LogP contribution in [0.1, 0.15) is 0 Å². The lowest BCUT2D eigenvalue weighted by molar-refractivity contribution is 0.415. The summed E-state index contributed by atoms with van der Waals surface area (Å²) in [5.74, 6) is 1.05. The van der Waals surface area contributed by atoms with E-state index in [0.29, 0.717) is 21.7 Å². The van der Waals surface area contributed by atoms with Crippen LogP contribution in [-0.2, 0) is 0 Å². The van der Waals surface area contributed by atoms with Gasteiger partial charge in [-0.2, -0.15) is 0 Å². The Kier molecular flexibility index (Phi) is 2.89. The largest absolute Gasteiger partial charge is 0.495 e. The molecular weight excluding hydrogens is 246 g/mol. The zero-order chi connectivity index (χ0) is 11.7. The van der Waals surface area contributed by atoms with Gasteiger partial charge in [0.15, 0.2) is 5.13 Å². The smallest absolute Gasteiger partial charge is 0.182 e. The Morgan fingerprint density at radius 3 is 2.62 bits per heavy atom.